The molecule has 0 radical (unpaired) electrons. The number of halogens is 2. The first-order valence-electron chi connectivity index (χ1n) is 8.36. The summed E-state index contributed by atoms with van der Waals surface area (Å²) in [6.45, 7) is 0. The fourth-order valence-corrected chi connectivity index (χ4v) is 2.69. The molecule has 1 aromatic heterocycles. The quantitative estimate of drug-likeness (QED) is 0.199. The van der Waals surface area contributed by atoms with Gasteiger partial charge in [0.2, 0.25) is 0 Å². The molecule has 0 unspecified atom stereocenters. The minimum absolute atomic E-state index is 0.166. The van der Waals surface area contributed by atoms with E-state index in [0.717, 1.165) is 17.3 Å². The Morgan fingerprint density at radius 3 is 2.79 bits per heavy atom. The molecule has 1 fully saturated rings. The molecule has 28 heavy (non-hydrogen) atoms. The zero-order valence-corrected chi connectivity index (χ0v) is 17.0. The van der Waals surface area contributed by atoms with Crippen LogP contribution >= 0.6 is 27.5 Å². The molecule has 2 aromatic rings. The Morgan fingerprint density at radius 1 is 1.32 bits per heavy atom. The van der Waals surface area contributed by atoms with Crippen LogP contribution in [0.5, 0.6) is 0 Å². The lowest BCUT2D eigenvalue weighted by Gasteiger charge is -2.11. The van der Waals surface area contributed by atoms with Crippen LogP contribution in [0.15, 0.2) is 62.6 Å². The standard InChI is InChI=1S/C18H17BrClN7O/c19-11-5-6-23-15(8-11)13(9-21)18(28)24-16-7-10(1-4-14(16)20)17(22)26-27-25-12-2-3-12/h1,4-9,12H,2-3,21H2,(H,24,28)(H2,22,25,26)/b13-9+. The Morgan fingerprint density at radius 2 is 2.11 bits per heavy atom. The van der Waals surface area contributed by atoms with Crippen LogP contribution in [0, 0.1) is 0 Å². The van der Waals surface area contributed by atoms with Crippen molar-refractivity contribution in [1.29, 1.82) is 0 Å². The highest BCUT2D eigenvalue weighted by Gasteiger charge is 2.20. The Labute approximate surface area is 174 Å². The number of carbonyl (C=O) groups is 1. The van der Waals surface area contributed by atoms with Crippen molar-refractivity contribution in [2.24, 2.45) is 26.9 Å². The molecule has 10 heteroatoms. The van der Waals surface area contributed by atoms with Gasteiger partial charge < -0.3 is 16.8 Å². The molecule has 0 atom stereocenters. The van der Waals surface area contributed by atoms with Crippen LogP contribution in [-0.2, 0) is 4.79 Å². The molecule has 3 rings (SSSR count). The molecule has 8 nitrogen and oxygen atoms in total. The zero-order chi connectivity index (χ0) is 20.1. The summed E-state index contributed by atoms with van der Waals surface area (Å²) in [5, 5.41) is 14.7. The molecular weight excluding hydrogens is 446 g/mol. The molecule has 1 amide bonds. The van der Waals surface area contributed by atoms with Gasteiger partial charge in [0.15, 0.2) is 5.84 Å². The third-order valence-corrected chi connectivity index (χ3v) is 4.66. The SMILES string of the molecule is N/C=C(/C(=O)Nc1cc(/C(N)=N/N=NC2CC2)ccc1Cl)c1cc(Br)ccn1. The largest absolute Gasteiger partial charge is 0.404 e. The molecular formula is C18H17BrClN7O. The number of hydrogen-bond acceptors (Lipinski definition) is 5. The van der Waals surface area contributed by atoms with Gasteiger partial charge in [-0.15, -0.1) is 5.10 Å². The number of hydrogen-bond donors (Lipinski definition) is 3. The van der Waals surface area contributed by atoms with Gasteiger partial charge in [0.25, 0.3) is 5.91 Å². The summed E-state index contributed by atoms with van der Waals surface area (Å²) in [6.07, 6.45) is 4.81. The minimum atomic E-state index is -0.462. The first kappa shape index (κ1) is 20.0. The number of nitrogens with two attached hydrogens (primary N) is 2. The van der Waals surface area contributed by atoms with Gasteiger partial charge >= 0.3 is 0 Å². The average Bonchev–Trinajstić information content (AvgIpc) is 3.48. The lowest BCUT2D eigenvalue weighted by molar-refractivity contribution is -0.111. The van der Waals surface area contributed by atoms with Crippen molar-refractivity contribution in [2.75, 3.05) is 5.32 Å². The second-order valence-electron chi connectivity index (χ2n) is 6.01. The van der Waals surface area contributed by atoms with Gasteiger partial charge in [-0.25, -0.2) is 0 Å². The summed E-state index contributed by atoms with van der Waals surface area (Å²) in [7, 11) is 0. The molecule has 1 aliphatic rings. The van der Waals surface area contributed by atoms with E-state index in [4.69, 9.17) is 23.1 Å². The molecule has 1 aromatic carbocycles. The van der Waals surface area contributed by atoms with Crippen molar-refractivity contribution < 1.29 is 4.79 Å². The summed E-state index contributed by atoms with van der Waals surface area (Å²) in [5.74, 6) is -0.295. The Kier molecular flexibility index (Phi) is 6.37. The number of rotatable bonds is 6. The third kappa shape index (κ3) is 5.14. The van der Waals surface area contributed by atoms with Crippen molar-refractivity contribution in [2.45, 2.75) is 18.9 Å². The summed E-state index contributed by atoms with van der Waals surface area (Å²) >= 11 is 9.55. The molecule has 1 heterocycles. The smallest absolute Gasteiger partial charge is 0.259 e. The Balaban J connectivity index is 1.80. The highest BCUT2D eigenvalue weighted by molar-refractivity contribution is 9.10. The second-order valence-corrected chi connectivity index (χ2v) is 7.33. The fraction of sp³-hybridized carbons (Fsp3) is 0.167. The van der Waals surface area contributed by atoms with E-state index in [1.165, 1.54) is 6.20 Å². The van der Waals surface area contributed by atoms with Crippen LogP contribution in [0.3, 0.4) is 0 Å². The maximum atomic E-state index is 12.7. The van der Waals surface area contributed by atoms with E-state index >= 15 is 0 Å². The lowest BCUT2D eigenvalue weighted by atomic mass is 10.1. The van der Waals surface area contributed by atoms with Crippen molar-refractivity contribution in [3.8, 4) is 0 Å². The van der Waals surface area contributed by atoms with Crippen LogP contribution < -0.4 is 16.8 Å². The summed E-state index contributed by atoms with van der Waals surface area (Å²) in [5.41, 5.74) is 13.1. The van der Waals surface area contributed by atoms with E-state index in [-0.39, 0.29) is 17.5 Å². The predicted octanol–water partition coefficient (Wildman–Crippen LogP) is 3.67. The number of amidine groups is 1. The highest BCUT2D eigenvalue weighted by Crippen LogP contribution is 2.26. The van der Waals surface area contributed by atoms with E-state index in [1.807, 2.05) is 0 Å². The highest BCUT2D eigenvalue weighted by atomic mass is 79.9. The zero-order valence-electron chi connectivity index (χ0n) is 14.6. The third-order valence-electron chi connectivity index (χ3n) is 3.83. The molecule has 0 aliphatic heterocycles. The van der Waals surface area contributed by atoms with E-state index in [2.05, 4.69) is 41.7 Å². The molecule has 0 bridgehead atoms. The van der Waals surface area contributed by atoms with Crippen LogP contribution in [-0.4, -0.2) is 22.8 Å². The Bertz CT molecular complexity index is 986. The van der Waals surface area contributed by atoms with Gasteiger partial charge in [-0.3, -0.25) is 9.78 Å². The number of nitrogens with zero attached hydrogens (tertiary/aromatic N) is 4. The normalized spacial score (nSPS) is 15.1. The van der Waals surface area contributed by atoms with Crippen molar-refractivity contribution in [3.63, 3.8) is 0 Å². The predicted molar refractivity (Wildman–Crippen MR) is 113 cm³/mol. The first-order valence-corrected chi connectivity index (χ1v) is 9.53. The van der Waals surface area contributed by atoms with Crippen LogP contribution in [0.25, 0.3) is 5.57 Å². The summed E-state index contributed by atoms with van der Waals surface area (Å²) in [6, 6.07) is 8.58. The molecule has 144 valence electrons. The average molecular weight is 463 g/mol. The van der Waals surface area contributed by atoms with Crippen molar-refractivity contribution in [3.05, 3.63) is 63.5 Å². The maximum absolute atomic E-state index is 12.7. The van der Waals surface area contributed by atoms with Gasteiger partial charge in [0.1, 0.15) is 0 Å². The second kappa shape index (κ2) is 8.94. The topological polar surface area (TPSA) is 131 Å². The number of aromatic nitrogens is 1. The summed E-state index contributed by atoms with van der Waals surface area (Å²) in [4.78, 5) is 16.8. The van der Waals surface area contributed by atoms with E-state index in [0.29, 0.717) is 22.0 Å². The van der Waals surface area contributed by atoms with Gasteiger partial charge in [0, 0.05) is 22.4 Å². The van der Waals surface area contributed by atoms with E-state index in [9.17, 15) is 4.79 Å². The van der Waals surface area contributed by atoms with Crippen LogP contribution in [0.4, 0.5) is 5.69 Å². The number of pyridine rings is 1. The van der Waals surface area contributed by atoms with Gasteiger partial charge in [-0.1, -0.05) is 27.5 Å². The van der Waals surface area contributed by atoms with Crippen molar-refractivity contribution in [1.82, 2.24) is 4.98 Å². The fourth-order valence-electron chi connectivity index (χ4n) is 2.19. The van der Waals surface area contributed by atoms with E-state index < -0.39 is 5.91 Å². The monoisotopic (exact) mass is 461 g/mol. The molecule has 5 N–H and O–H groups in total. The van der Waals surface area contributed by atoms with Crippen LogP contribution in [0.2, 0.25) is 5.02 Å². The first-order chi connectivity index (χ1) is 13.5. The van der Waals surface area contributed by atoms with E-state index in [1.54, 1.807) is 36.5 Å². The number of nitrogens with one attached hydrogen (secondary N) is 1. The van der Waals surface area contributed by atoms with Gasteiger partial charge in [-0.2, -0.15) is 5.11 Å². The number of amides is 1. The van der Waals surface area contributed by atoms with Gasteiger partial charge in [-0.05, 0) is 48.4 Å². The molecule has 0 saturated heterocycles. The Hall–Kier alpha value is -2.78. The number of carbonyl (C=O) groups excluding carboxylic acids is 1. The molecule has 1 saturated carbocycles. The number of benzene rings is 1. The lowest BCUT2D eigenvalue weighted by Crippen LogP contribution is -2.17. The molecule has 1 aliphatic carbocycles. The maximum Gasteiger partial charge on any atom is 0.259 e. The summed E-state index contributed by atoms with van der Waals surface area (Å²) < 4.78 is 0.772. The number of anilines is 1. The van der Waals surface area contributed by atoms with Crippen LogP contribution in [0.1, 0.15) is 24.1 Å². The van der Waals surface area contributed by atoms with Crippen molar-refractivity contribution >= 4 is 50.5 Å². The van der Waals surface area contributed by atoms with Gasteiger partial charge in [0.05, 0.1) is 28.0 Å². The minimum Gasteiger partial charge on any atom is -0.404 e. The molecule has 0 spiro atoms.